The van der Waals surface area contributed by atoms with Gasteiger partial charge in [-0.15, -0.1) is 0 Å². The largest absolute Gasteiger partial charge is 0.377 e. The number of benzene rings is 1. The molecule has 1 N–H and O–H groups in total. The quantitative estimate of drug-likeness (QED) is 0.864. The monoisotopic (exact) mass is 332 g/mol. The van der Waals surface area contributed by atoms with Crippen LogP contribution in [0, 0.1) is 0 Å². The predicted molar refractivity (Wildman–Crippen MR) is 83.0 cm³/mol. The molecule has 1 aromatic carbocycles. The van der Waals surface area contributed by atoms with Crippen LogP contribution in [0.25, 0.3) is 0 Å². The summed E-state index contributed by atoms with van der Waals surface area (Å²) >= 11 is 6.14. The topological polar surface area (TPSA) is 58.6 Å². The zero-order chi connectivity index (χ0) is 15.5. The first kappa shape index (κ1) is 16.7. The highest BCUT2D eigenvalue weighted by Crippen LogP contribution is 2.24. The van der Waals surface area contributed by atoms with E-state index in [0.717, 1.165) is 18.4 Å². The number of ether oxygens (including phenoxy) is 1. The van der Waals surface area contributed by atoms with E-state index in [1.807, 2.05) is 7.05 Å². The molecule has 1 fully saturated rings. The van der Waals surface area contributed by atoms with Gasteiger partial charge in [0, 0.05) is 31.8 Å². The van der Waals surface area contributed by atoms with E-state index in [1.54, 1.807) is 19.2 Å². The molecule has 0 bridgehead atoms. The first-order chi connectivity index (χ1) is 9.95. The minimum Gasteiger partial charge on any atom is -0.377 e. The standard InChI is InChI=1S/C14H21ClN2O3S/c1-16-9-11-5-6-13(8-14(11)15)21(18,19)17(2)10-12-4-3-7-20-12/h5-6,8,12,16H,3-4,7,9-10H2,1-2H3. The molecule has 1 aliphatic heterocycles. The molecular weight excluding hydrogens is 312 g/mol. The van der Waals surface area contributed by atoms with Crippen molar-refractivity contribution in [2.24, 2.45) is 0 Å². The number of nitrogens with one attached hydrogen (secondary N) is 1. The first-order valence-corrected chi connectivity index (χ1v) is 8.78. The lowest BCUT2D eigenvalue weighted by Gasteiger charge is -2.21. The SMILES string of the molecule is CNCc1ccc(S(=O)(=O)N(C)CC2CCCO2)cc1Cl. The molecule has 1 aromatic rings. The zero-order valence-corrected chi connectivity index (χ0v) is 13.9. The molecule has 0 aliphatic carbocycles. The van der Waals surface area contributed by atoms with Gasteiger partial charge in [-0.2, -0.15) is 4.31 Å². The average molecular weight is 333 g/mol. The van der Waals surface area contributed by atoms with E-state index in [-0.39, 0.29) is 11.0 Å². The third kappa shape index (κ3) is 3.96. The summed E-state index contributed by atoms with van der Waals surface area (Å²) in [6.07, 6.45) is 1.88. The maximum atomic E-state index is 12.5. The van der Waals surface area contributed by atoms with Gasteiger partial charge < -0.3 is 10.1 Å². The molecule has 1 unspecified atom stereocenters. The fourth-order valence-electron chi connectivity index (χ4n) is 2.38. The van der Waals surface area contributed by atoms with E-state index in [0.29, 0.717) is 24.7 Å². The van der Waals surface area contributed by atoms with Gasteiger partial charge in [0.25, 0.3) is 0 Å². The number of likely N-dealkylation sites (N-methyl/N-ethyl adjacent to an activating group) is 1. The molecule has 118 valence electrons. The second-order valence-electron chi connectivity index (χ2n) is 5.20. The minimum absolute atomic E-state index is 0.0104. The van der Waals surface area contributed by atoms with Gasteiger partial charge in [-0.05, 0) is 37.6 Å². The van der Waals surface area contributed by atoms with Gasteiger partial charge in [0.2, 0.25) is 10.0 Å². The lowest BCUT2D eigenvalue weighted by atomic mass is 10.2. The molecule has 5 nitrogen and oxygen atoms in total. The molecule has 1 atom stereocenters. The van der Waals surface area contributed by atoms with Crippen LogP contribution in [-0.4, -0.2) is 46.1 Å². The summed E-state index contributed by atoms with van der Waals surface area (Å²) < 4.78 is 31.9. The van der Waals surface area contributed by atoms with Crippen LogP contribution in [0.3, 0.4) is 0 Å². The summed E-state index contributed by atoms with van der Waals surface area (Å²) in [5, 5.41) is 3.45. The molecule has 21 heavy (non-hydrogen) atoms. The molecule has 0 spiro atoms. The van der Waals surface area contributed by atoms with Gasteiger partial charge in [0.1, 0.15) is 0 Å². The Morgan fingerprint density at radius 3 is 2.81 bits per heavy atom. The molecule has 0 saturated carbocycles. The van der Waals surface area contributed by atoms with Gasteiger partial charge in [0.15, 0.2) is 0 Å². The fourth-order valence-corrected chi connectivity index (χ4v) is 3.92. The molecule has 0 aromatic heterocycles. The van der Waals surface area contributed by atoms with Crippen LogP contribution in [-0.2, 0) is 21.3 Å². The summed E-state index contributed by atoms with van der Waals surface area (Å²) in [4.78, 5) is 0.216. The number of sulfonamides is 1. The Kier molecular flexibility index (Phi) is 5.62. The lowest BCUT2D eigenvalue weighted by Crippen LogP contribution is -2.34. The van der Waals surface area contributed by atoms with Crippen molar-refractivity contribution in [3.8, 4) is 0 Å². The minimum atomic E-state index is -3.53. The van der Waals surface area contributed by atoms with E-state index in [4.69, 9.17) is 16.3 Å². The number of rotatable bonds is 6. The summed E-state index contributed by atoms with van der Waals surface area (Å²) in [6, 6.07) is 4.85. The van der Waals surface area contributed by atoms with Gasteiger partial charge in [-0.3, -0.25) is 0 Å². The second-order valence-corrected chi connectivity index (χ2v) is 7.66. The normalized spacial score (nSPS) is 19.3. The summed E-state index contributed by atoms with van der Waals surface area (Å²) in [7, 11) is -0.141. The van der Waals surface area contributed by atoms with Crippen LogP contribution in [0.4, 0.5) is 0 Å². The van der Waals surface area contributed by atoms with E-state index in [2.05, 4.69) is 5.32 Å². The molecule has 1 heterocycles. The van der Waals surface area contributed by atoms with Crippen LogP contribution in [0.1, 0.15) is 18.4 Å². The number of nitrogens with zero attached hydrogens (tertiary/aromatic N) is 1. The fraction of sp³-hybridized carbons (Fsp3) is 0.571. The summed E-state index contributed by atoms with van der Waals surface area (Å²) in [5.41, 5.74) is 0.875. The van der Waals surface area contributed by atoms with Gasteiger partial charge in [0.05, 0.1) is 11.0 Å². The van der Waals surface area contributed by atoms with Crippen LogP contribution in [0.2, 0.25) is 5.02 Å². The van der Waals surface area contributed by atoms with E-state index < -0.39 is 10.0 Å². The number of hydrogen-bond donors (Lipinski definition) is 1. The van der Waals surface area contributed by atoms with Crippen molar-refractivity contribution < 1.29 is 13.2 Å². The van der Waals surface area contributed by atoms with E-state index in [9.17, 15) is 8.42 Å². The first-order valence-electron chi connectivity index (χ1n) is 6.96. The van der Waals surface area contributed by atoms with Crippen molar-refractivity contribution in [1.82, 2.24) is 9.62 Å². The average Bonchev–Trinajstić information content (AvgIpc) is 2.94. The van der Waals surface area contributed by atoms with Crippen LogP contribution in [0.5, 0.6) is 0 Å². The van der Waals surface area contributed by atoms with Crippen molar-refractivity contribution in [2.75, 3.05) is 27.2 Å². The van der Waals surface area contributed by atoms with Crippen LogP contribution >= 0.6 is 11.6 Å². The zero-order valence-electron chi connectivity index (χ0n) is 12.3. The van der Waals surface area contributed by atoms with Gasteiger partial charge in [-0.25, -0.2) is 8.42 Å². The highest BCUT2D eigenvalue weighted by atomic mass is 35.5. The smallest absolute Gasteiger partial charge is 0.242 e. The van der Waals surface area contributed by atoms with E-state index >= 15 is 0 Å². The highest BCUT2D eigenvalue weighted by molar-refractivity contribution is 7.89. The third-order valence-corrected chi connectivity index (χ3v) is 5.76. The van der Waals surface area contributed by atoms with Gasteiger partial charge >= 0.3 is 0 Å². The van der Waals surface area contributed by atoms with Crippen molar-refractivity contribution >= 4 is 21.6 Å². The second kappa shape index (κ2) is 7.07. The van der Waals surface area contributed by atoms with Gasteiger partial charge in [-0.1, -0.05) is 17.7 Å². The number of halogens is 1. The molecule has 0 radical (unpaired) electrons. The molecule has 0 amide bonds. The number of hydrogen-bond acceptors (Lipinski definition) is 4. The molecular formula is C14H21ClN2O3S. The Morgan fingerprint density at radius 2 is 2.24 bits per heavy atom. The highest BCUT2D eigenvalue weighted by Gasteiger charge is 2.26. The van der Waals surface area contributed by atoms with Crippen molar-refractivity contribution in [1.29, 1.82) is 0 Å². The molecule has 1 aliphatic rings. The van der Waals surface area contributed by atoms with E-state index in [1.165, 1.54) is 10.4 Å². The van der Waals surface area contributed by atoms with Crippen molar-refractivity contribution in [3.63, 3.8) is 0 Å². The Morgan fingerprint density at radius 1 is 1.48 bits per heavy atom. The molecule has 2 rings (SSSR count). The van der Waals surface area contributed by atoms with Crippen molar-refractivity contribution in [3.05, 3.63) is 28.8 Å². The Labute approximate surface area is 131 Å². The Bertz CT molecular complexity index is 586. The summed E-state index contributed by atoms with van der Waals surface area (Å²) in [6.45, 7) is 1.69. The third-order valence-electron chi connectivity index (χ3n) is 3.58. The lowest BCUT2D eigenvalue weighted by molar-refractivity contribution is 0.0979. The van der Waals surface area contributed by atoms with Crippen molar-refractivity contribution in [2.45, 2.75) is 30.4 Å². The Hall–Kier alpha value is -0.660. The van der Waals surface area contributed by atoms with Crippen LogP contribution in [0.15, 0.2) is 23.1 Å². The Balaban J connectivity index is 2.16. The summed E-state index contributed by atoms with van der Waals surface area (Å²) in [5.74, 6) is 0. The molecule has 1 saturated heterocycles. The van der Waals surface area contributed by atoms with Crippen LogP contribution < -0.4 is 5.32 Å². The molecule has 7 heteroatoms. The maximum absolute atomic E-state index is 12.5. The maximum Gasteiger partial charge on any atom is 0.242 e. The predicted octanol–water partition coefficient (Wildman–Crippen LogP) is 1.86.